The lowest BCUT2D eigenvalue weighted by Gasteiger charge is -2.15. The lowest BCUT2D eigenvalue weighted by Crippen LogP contribution is -2.15. The van der Waals surface area contributed by atoms with Gasteiger partial charge in [-0.15, -0.1) is 0 Å². The maximum Gasteiger partial charge on any atom is 0.234 e. The van der Waals surface area contributed by atoms with Gasteiger partial charge < -0.3 is 11.5 Å². The first kappa shape index (κ1) is 43.1. The van der Waals surface area contributed by atoms with Crippen LogP contribution in [-0.4, -0.2) is 21.5 Å². The van der Waals surface area contributed by atoms with E-state index in [1.807, 2.05) is 109 Å². The third kappa shape index (κ3) is 8.31. The molecule has 13 aromatic rings. The van der Waals surface area contributed by atoms with E-state index >= 15 is 0 Å². The van der Waals surface area contributed by atoms with Gasteiger partial charge in [-0.3, -0.25) is 9.59 Å². The summed E-state index contributed by atoms with van der Waals surface area (Å²) in [5, 5.41) is 12.9. The van der Waals surface area contributed by atoms with E-state index in [0.29, 0.717) is 22.5 Å². The van der Waals surface area contributed by atoms with Crippen molar-refractivity contribution in [3.63, 3.8) is 0 Å². The summed E-state index contributed by atoms with van der Waals surface area (Å²) in [6, 6.07) is 80.5. The molecule has 0 aliphatic rings. The predicted molar refractivity (Wildman–Crippen MR) is 292 cm³/mol. The summed E-state index contributed by atoms with van der Waals surface area (Å²) in [5.41, 5.74) is 19.4. The number of carbonyl (C=O) groups excluding carboxylic acids is 2. The normalized spacial score (nSPS) is 11.1. The molecule has 1 heterocycles. The van der Waals surface area contributed by atoms with Gasteiger partial charge in [0, 0.05) is 22.3 Å². The second-order valence-corrected chi connectivity index (χ2v) is 17.2. The first-order chi connectivity index (χ1) is 34.4. The Morgan fingerprint density at radius 2 is 0.557 bits per heavy atom. The van der Waals surface area contributed by atoms with Gasteiger partial charge in [0.2, 0.25) is 11.6 Å². The van der Waals surface area contributed by atoms with E-state index in [9.17, 15) is 9.59 Å². The molecule has 0 atom stereocenters. The molecule has 0 radical (unpaired) electrons. The lowest BCUT2D eigenvalue weighted by atomic mass is 9.94. The number of Topliss-reactive ketones (excluding diaryl/α,β-unsaturated/α-hetero) is 2. The highest BCUT2D eigenvalue weighted by atomic mass is 16.2. The van der Waals surface area contributed by atoms with Crippen LogP contribution in [0.4, 0.5) is 11.4 Å². The minimum absolute atomic E-state index is 0.450. The molecule has 70 heavy (non-hydrogen) atoms. The fourth-order valence-corrected chi connectivity index (χ4v) is 9.35. The average molecular weight is 901 g/mol. The molecule has 0 unspecified atom stereocenters. The number of rotatable bonds is 5. The monoisotopic (exact) mass is 900 g/mol. The summed E-state index contributed by atoms with van der Waals surface area (Å²) in [5.74, 6) is -0.939. The molecule has 0 amide bonds. The van der Waals surface area contributed by atoms with Gasteiger partial charge >= 0.3 is 0 Å². The van der Waals surface area contributed by atoms with E-state index in [4.69, 9.17) is 21.4 Å². The molecule has 1 aromatic heterocycles. The summed E-state index contributed by atoms with van der Waals surface area (Å²) in [6.45, 7) is 0. The molecule has 6 heteroatoms. The highest BCUT2D eigenvalue weighted by Gasteiger charge is 2.22. The zero-order valence-corrected chi connectivity index (χ0v) is 38.0. The van der Waals surface area contributed by atoms with Gasteiger partial charge in [0.05, 0.1) is 33.8 Å². The number of benzene rings is 12. The van der Waals surface area contributed by atoms with E-state index in [-0.39, 0.29) is 0 Å². The van der Waals surface area contributed by atoms with Gasteiger partial charge in [0.25, 0.3) is 0 Å². The number of ketones is 2. The topological polar surface area (TPSA) is 112 Å². The van der Waals surface area contributed by atoms with Gasteiger partial charge in [0.1, 0.15) is 0 Å². The fraction of sp³-hybridized carbons (Fsp3) is 0. The van der Waals surface area contributed by atoms with Crippen LogP contribution in [0, 0.1) is 0 Å². The van der Waals surface area contributed by atoms with Crippen LogP contribution in [0.25, 0.3) is 98.2 Å². The number of anilines is 2. The van der Waals surface area contributed by atoms with E-state index in [0.717, 1.165) is 65.9 Å². The Hall–Kier alpha value is -9.52. The van der Waals surface area contributed by atoms with Gasteiger partial charge in [-0.2, -0.15) is 0 Å². The number of hydrogen-bond acceptors (Lipinski definition) is 6. The molecule has 4 N–H and O–H groups in total. The summed E-state index contributed by atoms with van der Waals surface area (Å²) in [4.78, 5) is 36.2. The smallest absolute Gasteiger partial charge is 0.234 e. The molecular weight excluding hydrogens is 857 g/mol. The van der Waals surface area contributed by atoms with E-state index < -0.39 is 11.6 Å². The van der Waals surface area contributed by atoms with Crippen molar-refractivity contribution in [2.75, 3.05) is 11.5 Å². The van der Waals surface area contributed by atoms with Crippen molar-refractivity contribution in [2.45, 2.75) is 0 Å². The summed E-state index contributed by atoms with van der Waals surface area (Å²) >= 11 is 0. The standard InChI is InChI=1S/C32H20N2.C22H14O2.C10H10N2/c1-2-12-24-20-30-29(19-23(24)11-1)33-31(27-17-7-13-21-9-3-5-15-25(21)27)32(34-30)28-18-8-14-22-10-4-6-16-26(22)28;23-21(19-13-5-9-15-7-1-3-11-17(15)19)22(24)20-14-6-10-16-8-2-4-12-18(16)20;11-9-5-7-3-1-2-4-8(7)6-10(9)12/h1-20H;1-14H;1-6H,11-12H2. The van der Waals surface area contributed by atoms with Crippen molar-refractivity contribution in [1.29, 1.82) is 0 Å². The number of nitrogen functional groups attached to an aromatic ring is 2. The second-order valence-electron chi connectivity index (χ2n) is 17.2. The Kier molecular flexibility index (Phi) is 11.5. The Balaban J connectivity index is 0.000000128. The zero-order chi connectivity index (χ0) is 47.6. The molecule has 0 saturated heterocycles. The van der Waals surface area contributed by atoms with Crippen molar-refractivity contribution < 1.29 is 9.59 Å². The van der Waals surface area contributed by atoms with Gasteiger partial charge in [-0.25, -0.2) is 9.97 Å². The van der Waals surface area contributed by atoms with Crippen molar-refractivity contribution in [3.8, 4) is 22.5 Å². The Morgan fingerprint density at radius 1 is 0.286 bits per heavy atom. The molecule has 12 aromatic carbocycles. The average Bonchev–Trinajstić information content (AvgIpc) is 3.41. The number of fused-ring (bicyclic) bond motifs is 7. The van der Waals surface area contributed by atoms with Crippen LogP contribution in [0.2, 0.25) is 0 Å². The third-order valence-corrected chi connectivity index (χ3v) is 12.8. The van der Waals surface area contributed by atoms with Crippen LogP contribution in [0.15, 0.2) is 243 Å². The van der Waals surface area contributed by atoms with Gasteiger partial charge in [-0.05, 0) is 88.9 Å². The number of nitrogens with two attached hydrogens (primary N) is 2. The minimum atomic E-state index is -0.469. The summed E-state index contributed by atoms with van der Waals surface area (Å²) in [7, 11) is 0. The molecule has 0 aliphatic carbocycles. The summed E-state index contributed by atoms with van der Waals surface area (Å²) in [6.07, 6.45) is 0. The summed E-state index contributed by atoms with van der Waals surface area (Å²) < 4.78 is 0. The molecule has 0 fully saturated rings. The maximum atomic E-state index is 12.9. The number of carbonyl (C=O) groups is 2. The quantitative estimate of drug-likeness (QED) is 0.0770. The van der Waals surface area contributed by atoms with Crippen LogP contribution in [0.3, 0.4) is 0 Å². The highest BCUT2D eigenvalue weighted by Crippen LogP contribution is 2.38. The predicted octanol–water partition coefficient (Wildman–Crippen LogP) is 15.5. The van der Waals surface area contributed by atoms with Crippen LogP contribution < -0.4 is 11.5 Å². The third-order valence-electron chi connectivity index (χ3n) is 12.8. The van der Waals surface area contributed by atoms with Crippen LogP contribution in [-0.2, 0) is 0 Å². The van der Waals surface area contributed by atoms with E-state index in [2.05, 4.69) is 121 Å². The molecule has 6 nitrogen and oxygen atoms in total. The van der Waals surface area contributed by atoms with Crippen LogP contribution in [0.5, 0.6) is 0 Å². The van der Waals surface area contributed by atoms with Crippen molar-refractivity contribution in [1.82, 2.24) is 9.97 Å². The number of aromatic nitrogens is 2. The van der Waals surface area contributed by atoms with Crippen molar-refractivity contribution >= 4 is 98.6 Å². The Morgan fingerprint density at radius 3 is 0.929 bits per heavy atom. The van der Waals surface area contributed by atoms with Gasteiger partial charge in [0.15, 0.2) is 0 Å². The Bertz CT molecular complexity index is 3870. The molecule has 332 valence electrons. The van der Waals surface area contributed by atoms with E-state index in [1.165, 1.54) is 32.3 Å². The molecule has 0 bridgehead atoms. The highest BCUT2D eigenvalue weighted by molar-refractivity contribution is 6.52. The van der Waals surface area contributed by atoms with Crippen molar-refractivity contribution in [3.05, 3.63) is 254 Å². The maximum absolute atomic E-state index is 12.9. The first-order valence-electron chi connectivity index (χ1n) is 23.1. The fourth-order valence-electron chi connectivity index (χ4n) is 9.35. The largest absolute Gasteiger partial charge is 0.397 e. The molecule has 0 spiro atoms. The first-order valence-corrected chi connectivity index (χ1v) is 23.1. The van der Waals surface area contributed by atoms with Crippen molar-refractivity contribution in [2.24, 2.45) is 0 Å². The SMILES string of the molecule is Nc1cc2ccccc2cc1N.O=C(C(=O)c1cccc2ccccc12)c1cccc2ccccc12.c1ccc2cc3nc(-c4cccc5ccccc45)c(-c4cccc5ccccc45)nc3cc2c1. The van der Waals surface area contributed by atoms with Gasteiger partial charge in [-0.1, -0.05) is 218 Å². The molecule has 13 rings (SSSR count). The minimum Gasteiger partial charge on any atom is -0.397 e. The molecule has 0 aliphatic heterocycles. The number of hydrogen-bond donors (Lipinski definition) is 2. The van der Waals surface area contributed by atoms with Crippen LogP contribution in [0.1, 0.15) is 20.7 Å². The lowest BCUT2D eigenvalue weighted by molar-refractivity contribution is 0.0819. The Labute approximate surface area is 404 Å². The zero-order valence-electron chi connectivity index (χ0n) is 38.0. The van der Waals surface area contributed by atoms with Crippen LogP contribution >= 0.6 is 0 Å². The molecular formula is C64H44N4O2. The number of nitrogens with zero attached hydrogens (tertiary/aromatic N) is 2. The molecule has 0 saturated carbocycles. The van der Waals surface area contributed by atoms with E-state index in [1.54, 1.807) is 12.1 Å². The second kappa shape index (κ2) is 18.6.